The van der Waals surface area contributed by atoms with E-state index in [1.54, 1.807) is 11.3 Å². The molecular weight excluding hydrogens is 208 g/mol. The molecule has 1 aliphatic heterocycles. The number of hydrogen-bond donors (Lipinski definition) is 1. The van der Waals surface area contributed by atoms with Crippen LogP contribution in [0, 0.1) is 0 Å². The van der Waals surface area contributed by atoms with Gasteiger partial charge in [-0.3, -0.25) is 4.90 Å². The van der Waals surface area contributed by atoms with Crippen molar-refractivity contribution in [2.45, 2.75) is 19.4 Å². The third-order valence-corrected chi connectivity index (χ3v) is 3.78. The fraction of sp³-hybridized carbons (Fsp3) is 0.636. The zero-order chi connectivity index (χ0) is 10.7. The van der Waals surface area contributed by atoms with Gasteiger partial charge in [-0.15, -0.1) is 11.3 Å². The third-order valence-electron chi connectivity index (χ3n) is 2.85. The molecule has 1 atom stereocenters. The first-order valence-electron chi connectivity index (χ1n) is 5.41. The van der Waals surface area contributed by atoms with Gasteiger partial charge in [0.15, 0.2) is 0 Å². The first-order chi connectivity index (χ1) is 7.25. The standard InChI is InChI=1S/C11H18N2OS/c1-9(13-4-6-14-7-5-13)8-10-2-3-11(12)15-10/h2-3,9H,4-8,12H2,1H3. The molecule has 84 valence electrons. The van der Waals surface area contributed by atoms with Gasteiger partial charge in [0.1, 0.15) is 0 Å². The highest BCUT2D eigenvalue weighted by Crippen LogP contribution is 2.21. The molecule has 1 saturated heterocycles. The lowest BCUT2D eigenvalue weighted by Crippen LogP contribution is -2.42. The molecular formula is C11H18N2OS. The van der Waals surface area contributed by atoms with Crippen molar-refractivity contribution in [3.05, 3.63) is 17.0 Å². The number of morpholine rings is 1. The summed E-state index contributed by atoms with van der Waals surface area (Å²) in [5.74, 6) is 0. The van der Waals surface area contributed by atoms with Crippen LogP contribution in [0.15, 0.2) is 12.1 Å². The lowest BCUT2D eigenvalue weighted by atomic mass is 10.1. The van der Waals surface area contributed by atoms with Crippen molar-refractivity contribution in [2.75, 3.05) is 32.0 Å². The van der Waals surface area contributed by atoms with Gasteiger partial charge in [-0.25, -0.2) is 0 Å². The third kappa shape index (κ3) is 2.93. The number of nitrogens with two attached hydrogens (primary N) is 1. The molecule has 0 spiro atoms. The van der Waals surface area contributed by atoms with E-state index in [1.807, 2.05) is 6.07 Å². The second kappa shape index (κ2) is 4.96. The number of nitrogen functional groups attached to an aromatic ring is 1. The predicted molar refractivity (Wildman–Crippen MR) is 64.3 cm³/mol. The molecule has 1 unspecified atom stereocenters. The van der Waals surface area contributed by atoms with E-state index in [-0.39, 0.29) is 0 Å². The van der Waals surface area contributed by atoms with Crippen LogP contribution in [0.4, 0.5) is 5.00 Å². The minimum atomic E-state index is 0.590. The SMILES string of the molecule is CC(Cc1ccc(N)s1)N1CCOCC1. The molecule has 2 rings (SSSR count). The van der Waals surface area contributed by atoms with Crippen LogP contribution in [0.2, 0.25) is 0 Å². The summed E-state index contributed by atoms with van der Waals surface area (Å²) in [4.78, 5) is 3.87. The summed E-state index contributed by atoms with van der Waals surface area (Å²) in [6.45, 7) is 6.14. The molecule has 0 bridgehead atoms. The highest BCUT2D eigenvalue weighted by Gasteiger charge is 2.17. The van der Waals surface area contributed by atoms with Crippen molar-refractivity contribution in [3.8, 4) is 0 Å². The van der Waals surface area contributed by atoms with E-state index in [1.165, 1.54) is 4.88 Å². The van der Waals surface area contributed by atoms with E-state index in [4.69, 9.17) is 10.5 Å². The number of thiophene rings is 1. The Morgan fingerprint density at radius 1 is 1.47 bits per heavy atom. The lowest BCUT2D eigenvalue weighted by Gasteiger charge is -2.32. The molecule has 1 aromatic heterocycles. The molecule has 1 aliphatic rings. The van der Waals surface area contributed by atoms with E-state index in [0.29, 0.717) is 6.04 Å². The Balaban J connectivity index is 1.88. The van der Waals surface area contributed by atoms with Crippen molar-refractivity contribution in [2.24, 2.45) is 0 Å². The van der Waals surface area contributed by atoms with Gasteiger partial charge in [-0.05, 0) is 25.5 Å². The minimum absolute atomic E-state index is 0.590. The van der Waals surface area contributed by atoms with Crippen LogP contribution in [0.1, 0.15) is 11.8 Å². The summed E-state index contributed by atoms with van der Waals surface area (Å²) in [6, 6.07) is 4.72. The molecule has 1 aromatic rings. The first kappa shape index (κ1) is 10.9. The summed E-state index contributed by atoms with van der Waals surface area (Å²) in [5.41, 5.74) is 5.72. The van der Waals surface area contributed by atoms with Gasteiger partial charge in [-0.2, -0.15) is 0 Å². The molecule has 0 aliphatic carbocycles. The Morgan fingerprint density at radius 2 is 2.20 bits per heavy atom. The van der Waals surface area contributed by atoms with Crippen molar-refractivity contribution in [3.63, 3.8) is 0 Å². The van der Waals surface area contributed by atoms with Gasteiger partial charge >= 0.3 is 0 Å². The Morgan fingerprint density at radius 3 is 2.80 bits per heavy atom. The zero-order valence-electron chi connectivity index (χ0n) is 9.11. The first-order valence-corrected chi connectivity index (χ1v) is 6.23. The van der Waals surface area contributed by atoms with Crippen LogP contribution >= 0.6 is 11.3 Å². The molecule has 0 amide bonds. The van der Waals surface area contributed by atoms with Gasteiger partial charge in [-0.1, -0.05) is 0 Å². The Kier molecular flexibility index (Phi) is 3.61. The maximum Gasteiger partial charge on any atom is 0.0859 e. The van der Waals surface area contributed by atoms with Gasteiger partial charge in [0.25, 0.3) is 0 Å². The average molecular weight is 226 g/mol. The number of nitrogens with zero attached hydrogens (tertiary/aromatic N) is 1. The van der Waals surface area contributed by atoms with Crippen LogP contribution in [-0.2, 0) is 11.2 Å². The van der Waals surface area contributed by atoms with Crippen LogP contribution in [0.3, 0.4) is 0 Å². The number of rotatable bonds is 3. The number of hydrogen-bond acceptors (Lipinski definition) is 4. The van der Waals surface area contributed by atoms with Gasteiger partial charge in [0.05, 0.1) is 18.2 Å². The normalized spacial score (nSPS) is 20.3. The van der Waals surface area contributed by atoms with Crippen LogP contribution in [0.25, 0.3) is 0 Å². The molecule has 0 aromatic carbocycles. The average Bonchev–Trinajstić information content (AvgIpc) is 2.65. The summed E-state index contributed by atoms with van der Waals surface area (Å²) in [5, 5.41) is 0.916. The monoisotopic (exact) mass is 226 g/mol. The predicted octanol–water partition coefficient (Wildman–Crippen LogP) is 1.59. The van der Waals surface area contributed by atoms with Crippen molar-refractivity contribution < 1.29 is 4.74 Å². The molecule has 0 radical (unpaired) electrons. The van der Waals surface area contributed by atoms with E-state index in [0.717, 1.165) is 37.7 Å². The Hall–Kier alpha value is -0.580. The van der Waals surface area contributed by atoms with Gasteiger partial charge < -0.3 is 10.5 Å². The summed E-state index contributed by atoms with van der Waals surface area (Å²) < 4.78 is 5.35. The Bertz CT molecular complexity index is 307. The highest BCUT2D eigenvalue weighted by molar-refractivity contribution is 7.15. The second-order valence-corrected chi connectivity index (χ2v) is 5.21. The quantitative estimate of drug-likeness (QED) is 0.850. The number of anilines is 1. The van der Waals surface area contributed by atoms with Gasteiger partial charge in [0, 0.05) is 24.0 Å². The maximum absolute atomic E-state index is 5.72. The summed E-state index contributed by atoms with van der Waals surface area (Å²) in [6.07, 6.45) is 1.10. The molecule has 0 saturated carbocycles. The molecule has 2 N–H and O–H groups in total. The second-order valence-electron chi connectivity index (χ2n) is 4.01. The summed E-state index contributed by atoms with van der Waals surface area (Å²) >= 11 is 1.70. The maximum atomic E-state index is 5.72. The molecule has 15 heavy (non-hydrogen) atoms. The van der Waals surface area contributed by atoms with E-state index >= 15 is 0 Å². The molecule has 4 heteroatoms. The highest BCUT2D eigenvalue weighted by atomic mass is 32.1. The summed E-state index contributed by atoms with van der Waals surface area (Å²) in [7, 11) is 0. The fourth-order valence-electron chi connectivity index (χ4n) is 1.94. The largest absolute Gasteiger partial charge is 0.391 e. The minimum Gasteiger partial charge on any atom is -0.391 e. The van der Waals surface area contributed by atoms with Crippen LogP contribution < -0.4 is 5.73 Å². The van der Waals surface area contributed by atoms with Crippen LogP contribution in [0.5, 0.6) is 0 Å². The lowest BCUT2D eigenvalue weighted by molar-refractivity contribution is 0.0205. The van der Waals surface area contributed by atoms with E-state index in [9.17, 15) is 0 Å². The van der Waals surface area contributed by atoms with E-state index < -0.39 is 0 Å². The fourth-order valence-corrected chi connectivity index (χ4v) is 2.84. The molecule has 3 nitrogen and oxygen atoms in total. The molecule has 1 fully saturated rings. The van der Waals surface area contributed by atoms with Crippen molar-refractivity contribution in [1.29, 1.82) is 0 Å². The molecule has 2 heterocycles. The van der Waals surface area contributed by atoms with Gasteiger partial charge in [0.2, 0.25) is 0 Å². The zero-order valence-corrected chi connectivity index (χ0v) is 9.93. The number of ether oxygens (including phenoxy) is 1. The van der Waals surface area contributed by atoms with Crippen molar-refractivity contribution in [1.82, 2.24) is 4.90 Å². The van der Waals surface area contributed by atoms with Crippen molar-refractivity contribution >= 4 is 16.3 Å². The topological polar surface area (TPSA) is 38.5 Å². The van der Waals surface area contributed by atoms with E-state index in [2.05, 4.69) is 17.9 Å². The Labute approximate surface area is 94.8 Å². The smallest absolute Gasteiger partial charge is 0.0859 e. The van der Waals surface area contributed by atoms with Crippen LogP contribution in [-0.4, -0.2) is 37.2 Å².